The van der Waals surface area contributed by atoms with Gasteiger partial charge >= 0.3 is 0 Å². The lowest BCUT2D eigenvalue weighted by atomic mass is 10.0. The van der Waals surface area contributed by atoms with Crippen molar-refractivity contribution < 1.29 is 18.7 Å². The molecule has 3 heterocycles. The van der Waals surface area contributed by atoms with Gasteiger partial charge in [0, 0.05) is 24.2 Å². The molecular formula is C22H16ClNO4. The Morgan fingerprint density at radius 2 is 2.00 bits per heavy atom. The van der Waals surface area contributed by atoms with Gasteiger partial charge in [-0.05, 0) is 35.9 Å². The van der Waals surface area contributed by atoms with Crippen molar-refractivity contribution in [2.24, 2.45) is 0 Å². The number of rotatable bonds is 3. The third-order valence-electron chi connectivity index (χ3n) is 4.85. The van der Waals surface area contributed by atoms with Gasteiger partial charge in [0.05, 0.1) is 17.4 Å². The predicted octanol–water partition coefficient (Wildman–Crippen LogP) is 4.90. The number of ether oxygens (including phenoxy) is 2. The summed E-state index contributed by atoms with van der Waals surface area (Å²) in [6.07, 6.45) is 3.17. The normalized spacial score (nSPS) is 17.2. The fraction of sp³-hybridized carbons (Fsp3) is 0.136. The smallest absolute Gasteiger partial charge is 0.232 e. The third kappa shape index (κ3) is 2.99. The molecule has 0 atom stereocenters. The number of Topliss-reactive ketones (excluding diaryl/α,β-unsaturated/α-hetero) is 1. The average molecular weight is 394 g/mol. The molecule has 5 rings (SSSR count). The number of halogens is 1. The van der Waals surface area contributed by atoms with Crippen LogP contribution in [0.2, 0.25) is 5.02 Å². The maximum Gasteiger partial charge on any atom is 0.232 e. The lowest BCUT2D eigenvalue weighted by Gasteiger charge is -2.30. The fourth-order valence-corrected chi connectivity index (χ4v) is 3.67. The molecule has 3 aromatic rings. The molecule has 2 aliphatic rings. The summed E-state index contributed by atoms with van der Waals surface area (Å²) in [5, 5.41) is 0.724. The molecule has 0 aliphatic carbocycles. The Morgan fingerprint density at radius 1 is 1.11 bits per heavy atom. The largest absolute Gasteiger partial charge is 0.478 e. The summed E-state index contributed by atoms with van der Waals surface area (Å²) in [7, 11) is 0. The second-order valence-corrected chi connectivity index (χ2v) is 7.13. The minimum Gasteiger partial charge on any atom is -0.478 e. The second kappa shape index (κ2) is 6.86. The Balaban J connectivity index is 1.44. The number of carbonyl (C=O) groups is 1. The van der Waals surface area contributed by atoms with Crippen molar-refractivity contribution in [3.8, 4) is 11.5 Å². The Hall–Kier alpha value is -3.02. The monoisotopic (exact) mass is 393 g/mol. The maximum absolute atomic E-state index is 12.7. The van der Waals surface area contributed by atoms with Crippen LogP contribution in [0.3, 0.4) is 0 Å². The Morgan fingerprint density at radius 3 is 2.82 bits per heavy atom. The van der Waals surface area contributed by atoms with Crippen molar-refractivity contribution in [2.75, 3.05) is 6.73 Å². The van der Waals surface area contributed by atoms with Crippen molar-refractivity contribution in [1.29, 1.82) is 0 Å². The number of allylic oxidation sites excluding steroid dienone is 1. The highest BCUT2D eigenvalue weighted by atomic mass is 35.5. The molecule has 0 radical (unpaired) electrons. The number of nitrogens with zero attached hydrogens (tertiary/aromatic N) is 1. The van der Waals surface area contributed by atoms with E-state index in [0.717, 1.165) is 21.9 Å². The highest BCUT2D eigenvalue weighted by molar-refractivity contribution is 6.31. The zero-order valence-electron chi connectivity index (χ0n) is 14.9. The molecule has 0 fully saturated rings. The number of fused-ring (bicyclic) bond motifs is 3. The molecule has 1 aromatic heterocycles. The first-order valence-electron chi connectivity index (χ1n) is 8.91. The van der Waals surface area contributed by atoms with Gasteiger partial charge in [-0.15, -0.1) is 0 Å². The molecule has 140 valence electrons. The maximum atomic E-state index is 12.7. The van der Waals surface area contributed by atoms with E-state index in [1.165, 1.54) is 0 Å². The highest BCUT2D eigenvalue weighted by Gasteiger charge is 2.33. The van der Waals surface area contributed by atoms with Gasteiger partial charge in [0.25, 0.3) is 0 Å². The van der Waals surface area contributed by atoms with Crippen LogP contribution in [0.25, 0.3) is 6.08 Å². The lowest BCUT2D eigenvalue weighted by Crippen LogP contribution is -2.31. The van der Waals surface area contributed by atoms with Crippen LogP contribution < -0.4 is 9.47 Å². The summed E-state index contributed by atoms with van der Waals surface area (Å²) < 4.78 is 17.1. The van der Waals surface area contributed by atoms with Crippen LogP contribution in [0.4, 0.5) is 0 Å². The minimum absolute atomic E-state index is 0.155. The lowest BCUT2D eigenvalue weighted by molar-refractivity contribution is 0.0873. The van der Waals surface area contributed by atoms with Crippen molar-refractivity contribution in [3.63, 3.8) is 0 Å². The fourth-order valence-electron chi connectivity index (χ4n) is 3.48. The first-order valence-corrected chi connectivity index (χ1v) is 9.29. The van der Waals surface area contributed by atoms with E-state index in [4.69, 9.17) is 25.5 Å². The Labute approximate surface area is 166 Å². The van der Waals surface area contributed by atoms with Crippen LogP contribution in [0.15, 0.2) is 65.0 Å². The number of benzene rings is 2. The second-order valence-electron chi connectivity index (χ2n) is 6.73. The molecule has 6 heteroatoms. The first kappa shape index (κ1) is 17.1. The van der Waals surface area contributed by atoms with Crippen LogP contribution in [-0.2, 0) is 13.1 Å². The molecular weight excluding hydrogens is 378 g/mol. The van der Waals surface area contributed by atoms with Gasteiger partial charge in [0.1, 0.15) is 24.0 Å². The molecule has 0 saturated heterocycles. The molecule has 0 spiro atoms. The molecule has 2 aliphatic heterocycles. The van der Waals surface area contributed by atoms with E-state index in [2.05, 4.69) is 4.90 Å². The number of carbonyl (C=O) groups excluding carboxylic acids is 1. The molecule has 0 bridgehead atoms. The summed E-state index contributed by atoms with van der Waals surface area (Å²) in [6, 6.07) is 14.9. The average Bonchev–Trinajstić information content (AvgIpc) is 3.33. The summed E-state index contributed by atoms with van der Waals surface area (Å²) in [5.41, 5.74) is 2.44. The van der Waals surface area contributed by atoms with E-state index < -0.39 is 0 Å². The van der Waals surface area contributed by atoms with E-state index in [9.17, 15) is 4.79 Å². The molecule has 0 N–H and O–H groups in total. The van der Waals surface area contributed by atoms with Crippen LogP contribution in [0, 0.1) is 0 Å². The summed E-state index contributed by atoms with van der Waals surface area (Å²) in [6.45, 7) is 1.69. The molecule has 28 heavy (non-hydrogen) atoms. The zero-order valence-corrected chi connectivity index (χ0v) is 15.6. The van der Waals surface area contributed by atoms with Gasteiger partial charge in [0.2, 0.25) is 5.78 Å². The topological polar surface area (TPSA) is 51.9 Å². The molecule has 0 amide bonds. The van der Waals surface area contributed by atoms with Gasteiger partial charge in [0.15, 0.2) is 5.76 Å². The first-order chi connectivity index (χ1) is 13.7. The van der Waals surface area contributed by atoms with E-state index in [1.54, 1.807) is 30.5 Å². The molecule has 0 saturated carbocycles. The van der Waals surface area contributed by atoms with E-state index in [0.29, 0.717) is 36.9 Å². The predicted molar refractivity (Wildman–Crippen MR) is 104 cm³/mol. The van der Waals surface area contributed by atoms with E-state index in [1.807, 2.05) is 30.3 Å². The van der Waals surface area contributed by atoms with Crippen molar-refractivity contribution >= 4 is 23.5 Å². The summed E-state index contributed by atoms with van der Waals surface area (Å²) >= 11 is 6.29. The molecule has 0 unspecified atom stereocenters. The van der Waals surface area contributed by atoms with Gasteiger partial charge in [-0.3, -0.25) is 9.69 Å². The summed E-state index contributed by atoms with van der Waals surface area (Å²) in [5.74, 6) is 1.96. The van der Waals surface area contributed by atoms with Crippen LogP contribution in [-0.4, -0.2) is 17.4 Å². The minimum atomic E-state index is -0.155. The Kier molecular flexibility index (Phi) is 4.19. The van der Waals surface area contributed by atoms with Crippen LogP contribution in [0.5, 0.6) is 11.5 Å². The van der Waals surface area contributed by atoms with Crippen molar-refractivity contribution in [1.82, 2.24) is 4.90 Å². The molecule has 2 aromatic carbocycles. The summed E-state index contributed by atoms with van der Waals surface area (Å²) in [4.78, 5) is 14.8. The van der Waals surface area contributed by atoms with Crippen LogP contribution >= 0.6 is 11.6 Å². The third-order valence-corrected chi connectivity index (χ3v) is 5.22. The van der Waals surface area contributed by atoms with Gasteiger partial charge < -0.3 is 13.9 Å². The van der Waals surface area contributed by atoms with Gasteiger partial charge in [-0.2, -0.15) is 0 Å². The van der Waals surface area contributed by atoms with Gasteiger partial charge in [-0.25, -0.2) is 0 Å². The number of furan rings is 1. The quantitative estimate of drug-likeness (QED) is 0.592. The highest BCUT2D eigenvalue weighted by Crippen LogP contribution is 2.42. The van der Waals surface area contributed by atoms with Crippen molar-refractivity contribution in [3.05, 3.63) is 88.0 Å². The van der Waals surface area contributed by atoms with E-state index in [-0.39, 0.29) is 11.5 Å². The van der Waals surface area contributed by atoms with E-state index >= 15 is 0 Å². The molecule has 5 nitrogen and oxygen atoms in total. The zero-order chi connectivity index (χ0) is 19.1. The van der Waals surface area contributed by atoms with Crippen LogP contribution in [0.1, 0.15) is 27.2 Å². The standard InChI is InChI=1S/C22H16ClNO4/c23-18-6-2-1-4-14(18)11-24-12-17-19(27-13-24)8-7-16-21(25)20(28-22(16)17)10-15-5-3-9-26-15/h1-10H,11-13H2/b20-10-. The van der Waals surface area contributed by atoms with Gasteiger partial charge in [-0.1, -0.05) is 29.8 Å². The Bertz CT molecular complexity index is 1090. The van der Waals surface area contributed by atoms with Crippen molar-refractivity contribution in [2.45, 2.75) is 13.1 Å². The number of hydrogen-bond acceptors (Lipinski definition) is 5. The number of hydrogen-bond donors (Lipinski definition) is 0. The number of ketones is 1. The SMILES string of the molecule is O=C1/C(=C/c2ccco2)Oc2c1ccc1c2CN(Cc2ccccc2Cl)CO1.